The van der Waals surface area contributed by atoms with E-state index in [-0.39, 0.29) is 5.91 Å². The molecule has 1 aromatic heterocycles. The molecule has 3 rings (SSSR count). The summed E-state index contributed by atoms with van der Waals surface area (Å²) in [6.07, 6.45) is 4.05. The smallest absolute Gasteiger partial charge is 0.259 e. The molecule has 1 amide bonds. The zero-order valence-electron chi connectivity index (χ0n) is 11.6. The van der Waals surface area contributed by atoms with Gasteiger partial charge in [0, 0.05) is 23.8 Å². The summed E-state index contributed by atoms with van der Waals surface area (Å²) in [6.45, 7) is 1.93. The van der Waals surface area contributed by atoms with E-state index in [4.69, 9.17) is 0 Å². The minimum absolute atomic E-state index is 0.128. The third kappa shape index (κ3) is 3.08. The molecule has 0 radical (unpaired) electrons. The molecule has 0 unspecified atom stereocenters. The van der Waals surface area contributed by atoms with Gasteiger partial charge in [0.15, 0.2) is 0 Å². The van der Waals surface area contributed by atoms with Crippen LogP contribution in [0.2, 0.25) is 0 Å². The minimum Gasteiger partial charge on any atom is -0.356 e. The van der Waals surface area contributed by atoms with Crippen molar-refractivity contribution in [2.24, 2.45) is 0 Å². The van der Waals surface area contributed by atoms with Crippen molar-refractivity contribution >= 4 is 33.3 Å². The van der Waals surface area contributed by atoms with E-state index in [1.165, 1.54) is 0 Å². The van der Waals surface area contributed by atoms with Gasteiger partial charge in [0.05, 0.1) is 11.3 Å². The number of rotatable bonds is 3. The molecule has 1 aliphatic rings. The van der Waals surface area contributed by atoms with Crippen LogP contribution < -0.4 is 10.2 Å². The van der Waals surface area contributed by atoms with Gasteiger partial charge in [-0.25, -0.2) is 4.98 Å². The van der Waals surface area contributed by atoms with Gasteiger partial charge in [-0.05, 0) is 53.0 Å². The van der Waals surface area contributed by atoms with Crippen LogP contribution in [-0.2, 0) is 0 Å². The number of hydrogen-bond donors (Lipinski definition) is 1. The van der Waals surface area contributed by atoms with Crippen LogP contribution in [0, 0.1) is 0 Å². The summed E-state index contributed by atoms with van der Waals surface area (Å²) in [5, 5.41) is 2.94. The molecule has 1 saturated heterocycles. The average molecular weight is 346 g/mol. The Hall–Kier alpha value is -1.88. The van der Waals surface area contributed by atoms with Gasteiger partial charge >= 0.3 is 0 Å². The van der Waals surface area contributed by atoms with Crippen LogP contribution in [0.15, 0.2) is 47.1 Å². The van der Waals surface area contributed by atoms with E-state index in [1.807, 2.05) is 30.3 Å². The summed E-state index contributed by atoms with van der Waals surface area (Å²) in [5.74, 6) is 0.649. The number of para-hydroxylation sites is 1. The second kappa shape index (κ2) is 6.26. The SMILES string of the molecule is O=C(Nc1ccccc1Br)c1cccnc1N1CCCC1. The molecule has 108 valence electrons. The van der Waals surface area contributed by atoms with Gasteiger partial charge in [-0.3, -0.25) is 4.79 Å². The summed E-state index contributed by atoms with van der Waals surface area (Å²) in [4.78, 5) is 19.1. The van der Waals surface area contributed by atoms with E-state index in [0.717, 1.165) is 41.9 Å². The number of pyridine rings is 1. The third-order valence-electron chi connectivity index (χ3n) is 3.56. The Morgan fingerprint density at radius 2 is 1.90 bits per heavy atom. The molecule has 0 aliphatic carbocycles. The number of nitrogens with one attached hydrogen (secondary N) is 1. The maximum atomic E-state index is 12.5. The van der Waals surface area contributed by atoms with Crippen LogP contribution in [0.25, 0.3) is 0 Å². The lowest BCUT2D eigenvalue weighted by atomic mass is 10.2. The highest BCUT2D eigenvalue weighted by atomic mass is 79.9. The average Bonchev–Trinajstić information content (AvgIpc) is 3.04. The van der Waals surface area contributed by atoms with Crippen molar-refractivity contribution in [3.8, 4) is 0 Å². The number of amides is 1. The second-order valence-corrected chi connectivity index (χ2v) is 5.86. The number of halogens is 1. The Balaban J connectivity index is 1.86. The summed E-state index contributed by atoms with van der Waals surface area (Å²) < 4.78 is 0.866. The van der Waals surface area contributed by atoms with Crippen molar-refractivity contribution in [1.82, 2.24) is 4.98 Å². The molecule has 0 atom stereocenters. The topological polar surface area (TPSA) is 45.2 Å². The number of aromatic nitrogens is 1. The van der Waals surface area contributed by atoms with E-state index in [2.05, 4.69) is 31.1 Å². The van der Waals surface area contributed by atoms with E-state index < -0.39 is 0 Å². The first-order valence-corrected chi connectivity index (χ1v) is 7.81. The molecule has 1 aromatic carbocycles. The summed E-state index contributed by atoms with van der Waals surface area (Å²) in [5.41, 5.74) is 1.38. The zero-order chi connectivity index (χ0) is 14.7. The van der Waals surface area contributed by atoms with Crippen molar-refractivity contribution in [3.63, 3.8) is 0 Å². The Morgan fingerprint density at radius 3 is 2.67 bits per heavy atom. The van der Waals surface area contributed by atoms with Gasteiger partial charge in [0.2, 0.25) is 0 Å². The van der Waals surface area contributed by atoms with E-state index in [9.17, 15) is 4.79 Å². The predicted molar refractivity (Wildman–Crippen MR) is 87.8 cm³/mol. The lowest BCUT2D eigenvalue weighted by Crippen LogP contribution is -2.24. The number of nitrogens with zero attached hydrogens (tertiary/aromatic N) is 2. The van der Waals surface area contributed by atoms with Gasteiger partial charge in [0.1, 0.15) is 5.82 Å². The quantitative estimate of drug-likeness (QED) is 0.922. The van der Waals surface area contributed by atoms with E-state index >= 15 is 0 Å². The maximum Gasteiger partial charge on any atom is 0.259 e. The Morgan fingerprint density at radius 1 is 1.14 bits per heavy atom. The number of anilines is 2. The molecule has 5 heteroatoms. The normalized spacial score (nSPS) is 14.2. The highest BCUT2D eigenvalue weighted by Crippen LogP contribution is 2.25. The first-order chi connectivity index (χ1) is 10.3. The number of hydrogen-bond acceptors (Lipinski definition) is 3. The number of carbonyl (C=O) groups is 1. The minimum atomic E-state index is -0.128. The summed E-state index contributed by atoms with van der Waals surface area (Å²) in [7, 11) is 0. The van der Waals surface area contributed by atoms with Gasteiger partial charge in [-0.15, -0.1) is 0 Å². The molecular weight excluding hydrogens is 330 g/mol. The van der Waals surface area contributed by atoms with Gasteiger partial charge < -0.3 is 10.2 Å². The van der Waals surface area contributed by atoms with Crippen molar-refractivity contribution in [1.29, 1.82) is 0 Å². The molecule has 2 aromatic rings. The highest BCUT2D eigenvalue weighted by molar-refractivity contribution is 9.10. The van der Waals surface area contributed by atoms with Gasteiger partial charge in [-0.1, -0.05) is 12.1 Å². The van der Waals surface area contributed by atoms with Crippen LogP contribution in [0.4, 0.5) is 11.5 Å². The molecule has 2 heterocycles. The number of carbonyl (C=O) groups excluding carboxylic acids is 1. The molecular formula is C16H16BrN3O. The Bertz CT molecular complexity index is 653. The number of benzene rings is 1. The fourth-order valence-corrected chi connectivity index (χ4v) is 2.89. The standard InChI is InChI=1S/C16H16BrN3O/c17-13-7-1-2-8-14(13)19-16(21)12-6-5-9-18-15(12)20-10-3-4-11-20/h1-2,5-9H,3-4,10-11H2,(H,19,21). The van der Waals surface area contributed by atoms with Crippen molar-refractivity contribution in [2.45, 2.75) is 12.8 Å². The molecule has 1 aliphatic heterocycles. The van der Waals surface area contributed by atoms with Gasteiger partial charge in [-0.2, -0.15) is 0 Å². The third-order valence-corrected chi connectivity index (χ3v) is 4.25. The van der Waals surface area contributed by atoms with E-state index in [0.29, 0.717) is 5.56 Å². The van der Waals surface area contributed by atoms with Crippen molar-refractivity contribution < 1.29 is 4.79 Å². The highest BCUT2D eigenvalue weighted by Gasteiger charge is 2.20. The largest absolute Gasteiger partial charge is 0.356 e. The monoisotopic (exact) mass is 345 g/mol. The summed E-state index contributed by atoms with van der Waals surface area (Å²) in [6, 6.07) is 11.2. The lowest BCUT2D eigenvalue weighted by Gasteiger charge is -2.19. The molecule has 1 fully saturated rings. The molecule has 1 N–H and O–H groups in total. The summed E-state index contributed by atoms with van der Waals surface area (Å²) >= 11 is 3.44. The second-order valence-electron chi connectivity index (χ2n) is 5.00. The fraction of sp³-hybridized carbons (Fsp3) is 0.250. The lowest BCUT2D eigenvalue weighted by molar-refractivity contribution is 0.102. The maximum absolute atomic E-state index is 12.5. The first kappa shape index (κ1) is 14.1. The van der Waals surface area contributed by atoms with Gasteiger partial charge in [0.25, 0.3) is 5.91 Å². The van der Waals surface area contributed by atoms with Crippen LogP contribution in [0.1, 0.15) is 23.2 Å². The first-order valence-electron chi connectivity index (χ1n) is 7.01. The Labute approximate surface area is 132 Å². The van der Waals surface area contributed by atoms with Crippen molar-refractivity contribution in [2.75, 3.05) is 23.3 Å². The van der Waals surface area contributed by atoms with Crippen molar-refractivity contribution in [3.05, 3.63) is 52.6 Å². The van der Waals surface area contributed by atoms with Crippen LogP contribution in [0.5, 0.6) is 0 Å². The van der Waals surface area contributed by atoms with Crippen LogP contribution in [0.3, 0.4) is 0 Å². The molecule has 0 saturated carbocycles. The molecule has 0 spiro atoms. The van der Waals surface area contributed by atoms with E-state index in [1.54, 1.807) is 12.3 Å². The van der Waals surface area contributed by atoms with Crippen LogP contribution >= 0.6 is 15.9 Å². The van der Waals surface area contributed by atoms with Crippen LogP contribution in [-0.4, -0.2) is 24.0 Å². The molecule has 0 bridgehead atoms. The molecule has 21 heavy (non-hydrogen) atoms. The zero-order valence-corrected chi connectivity index (χ0v) is 13.1. The fourth-order valence-electron chi connectivity index (χ4n) is 2.51. The predicted octanol–water partition coefficient (Wildman–Crippen LogP) is 3.70. The Kier molecular flexibility index (Phi) is 4.20. The molecule has 4 nitrogen and oxygen atoms in total.